The summed E-state index contributed by atoms with van der Waals surface area (Å²) in [6.07, 6.45) is 4.90. The monoisotopic (exact) mass is 285 g/mol. The van der Waals surface area contributed by atoms with Crippen LogP contribution in [-0.2, 0) is 20.8 Å². The molecular weight excluding hydrogens is 266 g/mol. The lowest BCUT2D eigenvalue weighted by Gasteiger charge is -2.37. The molecule has 0 aromatic heterocycles. The summed E-state index contributed by atoms with van der Waals surface area (Å²) in [7, 11) is 0. The second-order valence-corrected chi connectivity index (χ2v) is 5.32. The number of rotatable bonds is 4. The fourth-order valence-electron chi connectivity index (χ4n) is 2.66. The average Bonchev–Trinajstić information content (AvgIpc) is 2.47. The van der Waals surface area contributed by atoms with Gasteiger partial charge < -0.3 is 4.90 Å². The predicted octanol–water partition coefficient (Wildman–Crippen LogP) is 1.93. The molecule has 2 rings (SSSR count). The highest BCUT2D eigenvalue weighted by molar-refractivity contribution is 6.35. The van der Waals surface area contributed by atoms with E-state index in [9.17, 15) is 14.4 Å². The van der Waals surface area contributed by atoms with Gasteiger partial charge in [-0.25, -0.2) is 0 Å². The standard InChI is InChI=1S/C17H19NO3/c1-12(19)16-10-6-9-15(18(16)17(21)13(2)20)11-14-7-4-3-5-8-14/h3-9,15-16H,10-11H2,1-2H3. The summed E-state index contributed by atoms with van der Waals surface area (Å²) < 4.78 is 0. The van der Waals surface area contributed by atoms with Gasteiger partial charge in [0.1, 0.15) is 0 Å². The van der Waals surface area contributed by atoms with Crippen LogP contribution in [0.1, 0.15) is 25.8 Å². The summed E-state index contributed by atoms with van der Waals surface area (Å²) >= 11 is 0. The maximum absolute atomic E-state index is 12.2. The Balaban J connectivity index is 2.30. The van der Waals surface area contributed by atoms with Crippen LogP contribution < -0.4 is 0 Å². The minimum absolute atomic E-state index is 0.0907. The van der Waals surface area contributed by atoms with E-state index in [1.807, 2.05) is 42.5 Å². The molecule has 0 aliphatic carbocycles. The zero-order chi connectivity index (χ0) is 15.4. The van der Waals surface area contributed by atoms with E-state index >= 15 is 0 Å². The van der Waals surface area contributed by atoms with Gasteiger partial charge in [0, 0.05) is 6.92 Å². The first-order chi connectivity index (χ1) is 10.0. The maximum Gasteiger partial charge on any atom is 0.290 e. The molecule has 0 N–H and O–H groups in total. The fourth-order valence-corrected chi connectivity index (χ4v) is 2.66. The van der Waals surface area contributed by atoms with Gasteiger partial charge in [0.2, 0.25) is 5.78 Å². The summed E-state index contributed by atoms with van der Waals surface area (Å²) in [6.45, 7) is 2.71. The van der Waals surface area contributed by atoms with Crippen molar-refractivity contribution in [3.05, 3.63) is 48.0 Å². The van der Waals surface area contributed by atoms with E-state index in [1.165, 1.54) is 18.7 Å². The number of amides is 1. The molecule has 0 bridgehead atoms. The lowest BCUT2D eigenvalue weighted by Crippen LogP contribution is -2.53. The molecule has 1 amide bonds. The van der Waals surface area contributed by atoms with Crippen LogP contribution in [0.2, 0.25) is 0 Å². The average molecular weight is 285 g/mol. The highest BCUT2D eigenvalue weighted by atomic mass is 16.2. The van der Waals surface area contributed by atoms with Crippen LogP contribution >= 0.6 is 0 Å². The zero-order valence-electron chi connectivity index (χ0n) is 12.3. The lowest BCUT2D eigenvalue weighted by molar-refractivity contribution is -0.149. The number of hydrogen-bond acceptors (Lipinski definition) is 3. The molecule has 110 valence electrons. The molecule has 1 aromatic carbocycles. The first-order valence-corrected chi connectivity index (χ1v) is 7.05. The Morgan fingerprint density at radius 1 is 1.14 bits per heavy atom. The second-order valence-electron chi connectivity index (χ2n) is 5.32. The Bertz CT molecular complexity index is 577. The number of nitrogens with zero attached hydrogens (tertiary/aromatic N) is 1. The minimum Gasteiger partial charge on any atom is -0.319 e. The Kier molecular flexibility index (Phi) is 4.68. The maximum atomic E-state index is 12.2. The molecule has 2 atom stereocenters. The first-order valence-electron chi connectivity index (χ1n) is 7.05. The topological polar surface area (TPSA) is 54.5 Å². The van der Waals surface area contributed by atoms with E-state index in [0.29, 0.717) is 12.8 Å². The number of hydrogen-bond donors (Lipinski definition) is 0. The molecule has 4 nitrogen and oxygen atoms in total. The van der Waals surface area contributed by atoms with Crippen molar-refractivity contribution in [2.75, 3.05) is 0 Å². The van der Waals surface area contributed by atoms with Crippen LogP contribution in [0.5, 0.6) is 0 Å². The van der Waals surface area contributed by atoms with Crippen LogP contribution in [-0.4, -0.2) is 34.5 Å². The van der Waals surface area contributed by atoms with Crippen molar-refractivity contribution in [1.29, 1.82) is 0 Å². The third-order valence-corrected chi connectivity index (χ3v) is 3.70. The van der Waals surface area contributed by atoms with Gasteiger partial charge in [-0.3, -0.25) is 14.4 Å². The van der Waals surface area contributed by atoms with Gasteiger partial charge in [0.15, 0.2) is 5.78 Å². The van der Waals surface area contributed by atoms with Gasteiger partial charge in [0.05, 0.1) is 12.1 Å². The molecule has 2 unspecified atom stereocenters. The molecule has 1 aromatic rings. The van der Waals surface area contributed by atoms with Gasteiger partial charge in [0.25, 0.3) is 5.91 Å². The van der Waals surface area contributed by atoms with Crippen molar-refractivity contribution in [1.82, 2.24) is 4.90 Å². The van der Waals surface area contributed by atoms with Gasteiger partial charge in [-0.05, 0) is 25.3 Å². The molecule has 0 fully saturated rings. The third kappa shape index (κ3) is 3.45. The molecule has 0 saturated heterocycles. The van der Waals surface area contributed by atoms with Crippen molar-refractivity contribution >= 4 is 17.5 Å². The number of benzene rings is 1. The Labute approximate surface area is 124 Å². The van der Waals surface area contributed by atoms with Crippen molar-refractivity contribution in [2.45, 2.75) is 38.8 Å². The summed E-state index contributed by atoms with van der Waals surface area (Å²) in [5.74, 6) is -1.21. The van der Waals surface area contributed by atoms with E-state index in [1.54, 1.807) is 0 Å². The molecule has 21 heavy (non-hydrogen) atoms. The molecule has 4 heteroatoms. The number of Topliss-reactive ketones (excluding diaryl/α,β-unsaturated/α-hetero) is 2. The molecule has 1 heterocycles. The number of ketones is 2. The molecule has 1 aliphatic heterocycles. The fraction of sp³-hybridized carbons (Fsp3) is 0.353. The van der Waals surface area contributed by atoms with E-state index in [-0.39, 0.29) is 11.8 Å². The minimum atomic E-state index is -0.583. The van der Waals surface area contributed by atoms with Gasteiger partial charge in [-0.2, -0.15) is 0 Å². The third-order valence-electron chi connectivity index (χ3n) is 3.70. The summed E-state index contributed by atoms with van der Waals surface area (Å²) in [5.41, 5.74) is 1.07. The first kappa shape index (κ1) is 15.2. The summed E-state index contributed by atoms with van der Waals surface area (Å²) in [6, 6.07) is 8.94. The molecule has 0 spiro atoms. The van der Waals surface area contributed by atoms with E-state index < -0.39 is 17.7 Å². The van der Waals surface area contributed by atoms with Crippen LogP contribution in [0, 0.1) is 0 Å². The van der Waals surface area contributed by atoms with Crippen molar-refractivity contribution in [3.8, 4) is 0 Å². The van der Waals surface area contributed by atoms with Crippen LogP contribution in [0.3, 0.4) is 0 Å². The smallest absolute Gasteiger partial charge is 0.290 e. The van der Waals surface area contributed by atoms with Crippen molar-refractivity contribution in [2.24, 2.45) is 0 Å². The Hall–Kier alpha value is -2.23. The largest absolute Gasteiger partial charge is 0.319 e. The SMILES string of the molecule is CC(=O)C(=O)N1C(Cc2ccccc2)C=CCC1C(C)=O. The quantitative estimate of drug-likeness (QED) is 0.627. The van der Waals surface area contributed by atoms with Crippen molar-refractivity contribution < 1.29 is 14.4 Å². The Morgan fingerprint density at radius 2 is 1.81 bits per heavy atom. The highest BCUT2D eigenvalue weighted by Crippen LogP contribution is 2.22. The predicted molar refractivity (Wildman–Crippen MR) is 79.7 cm³/mol. The molecule has 1 aliphatic rings. The van der Waals surface area contributed by atoms with E-state index in [0.717, 1.165) is 5.56 Å². The Morgan fingerprint density at radius 3 is 2.38 bits per heavy atom. The zero-order valence-corrected chi connectivity index (χ0v) is 12.3. The second kappa shape index (κ2) is 6.48. The number of carbonyl (C=O) groups is 3. The van der Waals surface area contributed by atoms with Gasteiger partial charge in [-0.15, -0.1) is 0 Å². The van der Waals surface area contributed by atoms with Crippen LogP contribution in [0.15, 0.2) is 42.5 Å². The highest BCUT2D eigenvalue weighted by Gasteiger charge is 2.35. The normalized spacial score (nSPS) is 21.1. The lowest BCUT2D eigenvalue weighted by atomic mass is 9.94. The van der Waals surface area contributed by atoms with Crippen molar-refractivity contribution in [3.63, 3.8) is 0 Å². The molecule has 0 saturated carbocycles. The van der Waals surface area contributed by atoms with Crippen LogP contribution in [0.4, 0.5) is 0 Å². The molecule has 0 radical (unpaired) electrons. The summed E-state index contributed by atoms with van der Waals surface area (Å²) in [5, 5.41) is 0. The van der Waals surface area contributed by atoms with Gasteiger partial charge >= 0.3 is 0 Å². The van der Waals surface area contributed by atoms with Gasteiger partial charge in [-0.1, -0.05) is 42.5 Å². The van der Waals surface area contributed by atoms with E-state index in [2.05, 4.69) is 0 Å². The van der Waals surface area contributed by atoms with Crippen LogP contribution in [0.25, 0.3) is 0 Å². The summed E-state index contributed by atoms with van der Waals surface area (Å²) in [4.78, 5) is 36.9. The van der Waals surface area contributed by atoms with E-state index in [4.69, 9.17) is 0 Å². The molecular formula is C17H19NO3. The number of carbonyl (C=O) groups excluding carboxylic acids is 3.